The van der Waals surface area contributed by atoms with Crippen LogP contribution in [0.4, 0.5) is 4.39 Å². The first-order chi connectivity index (χ1) is 11.0. The third-order valence-electron chi connectivity index (χ3n) is 3.84. The molecule has 0 amide bonds. The van der Waals surface area contributed by atoms with Gasteiger partial charge in [0.05, 0.1) is 12.2 Å². The van der Waals surface area contributed by atoms with Crippen LogP contribution < -0.4 is 0 Å². The minimum atomic E-state index is -3.79. The fourth-order valence-corrected chi connectivity index (χ4v) is 4.12. The van der Waals surface area contributed by atoms with E-state index in [0.29, 0.717) is 32.7 Å². The molecule has 1 aromatic carbocycles. The summed E-state index contributed by atoms with van der Waals surface area (Å²) >= 11 is 0. The Balaban J connectivity index is 1.65. The molecule has 23 heavy (non-hydrogen) atoms. The van der Waals surface area contributed by atoms with Gasteiger partial charge in [0.1, 0.15) is 10.7 Å². The van der Waals surface area contributed by atoms with Crippen molar-refractivity contribution in [1.82, 2.24) is 14.4 Å². The van der Waals surface area contributed by atoms with Crippen LogP contribution in [0.3, 0.4) is 0 Å². The zero-order chi connectivity index (χ0) is 16.4. The molecular weight excluding hydrogens is 321 g/mol. The third kappa shape index (κ3) is 3.44. The van der Waals surface area contributed by atoms with Crippen molar-refractivity contribution in [2.75, 3.05) is 26.2 Å². The van der Waals surface area contributed by atoms with Crippen LogP contribution in [0.2, 0.25) is 0 Å². The molecule has 0 spiro atoms. The Kier molecular flexibility index (Phi) is 4.47. The summed E-state index contributed by atoms with van der Waals surface area (Å²) in [5, 5.41) is 3.84. The maximum atomic E-state index is 13.8. The fourth-order valence-electron chi connectivity index (χ4n) is 2.63. The normalized spacial score (nSPS) is 17.5. The van der Waals surface area contributed by atoms with Crippen molar-refractivity contribution in [3.05, 3.63) is 47.6 Å². The van der Waals surface area contributed by atoms with Crippen LogP contribution in [0.25, 0.3) is 0 Å². The van der Waals surface area contributed by atoms with Crippen molar-refractivity contribution in [2.24, 2.45) is 0 Å². The van der Waals surface area contributed by atoms with Gasteiger partial charge in [-0.25, -0.2) is 12.8 Å². The summed E-state index contributed by atoms with van der Waals surface area (Å²) in [6.07, 6.45) is 0. The molecule has 2 heterocycles. The van der Waals surface area contributed by atoms with E-state index < -0.39 is 15.8 Å². The third-order valence-corrected chi connectivity index (χ3v) is 5.77. The molecule has 1 aliphatic heterocycles. The summed E-state index contributed by atoms with van der Waals surface area (Å²) in [5.41, 5.74) is 0.820. The van der Waals surface area contributed by atoms with E-state index >= 15 is 0 Å². The summed E-state index contributed by atoms with van der Waals surface area (Å²) in [5.74, 6) is 0.0416. The first-order valence-electron chi connectivity index (χ1n) is 7.36. The van der Waals surface area contributed by atoms with Gasteiger partial charge in [0, 0.05) is 32.2 Å². The van der Waals surface area contributed by atoms with Gasteiger partial charge < -0.3 is 4.52 Å². The molecule has 0 aliphatic carbocycles. The van der Waals surface area contributed by atoms with Crippen molar-refractivity contribution in [3.8, 4) is 0 Å². The average Bonchev–Trinajstić information content (AvgIpc) is 2.93. The number of halogens is 1. The number of piperazine rings is 1. The van der Waals surface area contributed by atoms with Gasteiger partial charge in [-0.3, -0.25) is 4.90 Å². The molecule has 124 valence electrons. The van der Waals surface area contributed by atoms with E-state index in [9.17, 15) is 12.8 Å². The van der Waals surface area contributed by atoms with Gasteiger partial charge in [-0.2, -0.15) is 4.31 Å². The minimum absolute atomic E-state index is 0.265. The summed E-state index contributed by atoms with van der Waals surface area (Å²) in [7, 11) is -3.79. The van der Waals surface area contributed by atoms with Gasteiger partial charge in [0.25, 0.3) is 0 Å². The number of aryl methyl sites for hydroxylation is 1. The quantitative estimate of drug-likeness (QED) is 0.847. The van der Waals surface area contributed by atoms with E-state index in [0.717, 1.165) is 17.5 Å². The summed E-state index contributed by atoms with van der Waals surface area (Å²) in [6.45, 7) is 4.22. The van der Waals surface area contributed by atoms with Crippen molar-refractivity contribution in [2.45, 2.75) is 18.4 Å². The molecule has 0 saturated carbocycles. The number of hydrogen-bond acceptors (Lipinski definition) is 5. The smallest absolute Gasteiger partial charge is 0.246 e. The average molecular weight is 339 g/mol. The molecule has 0 radical (unpaired) electrons. The van der Waals surface area contributed by atoms with E-state index in [1.54, 1.807) is 0 Å². The lowest BCUT2D eigenvalue weighted by atomic mass is 10.3. The molecule has 0 unspecified atom stereocenters. The SMILES string of the molecule is Cc1cc(CN2CCN(S(=O)(=O)c3ccccc3F)CC2)on1. The lowest BCUT2D eigenvalue weighted by Crippen LogP contribution is -2.48. The Hall–Kier alpha value is -1.77. The second kappa shape index (κ2) is 6.38. The standard InChI is InChI=1S/C15H18FN3O3S/c1-12-10-13(22-17-12)11-18-6-8-19(9-7-18)23(20,21)15-5-3-2-4-14(15)16/h2-5,10H,6-9,11H2,1H3. The highest BCUT2D eigenvalue weighted by molar-refractivity contribution is 7.89. The highest BCUT2D eigenvalue weighted by Gasteiger charge is 2.30. The summed E-state index contributed by atoms with van der Waals surface area (Å²) in [6, 6.07) is 7.33. The lowest BCUT2D eigenvalue weighted by Gasteiger charge is -2.33. The van der Waals surface area contributed by atoms with Gasteiger partial charge in [0.2, 0.25) is 10.0 Å². The van der Waals surface area contributed by atoms with Crippen molar-refractivity contribution in [1.29, 1.82) is 0 Å². The molecule has 8 heteroatoms. The second-order valence-electron chi connectivity index (χ2n) is 5.55. The van der Waals surface area contributed by atoms with Gasteiger partial charge in [-0.05, 0) is 19.1 Å². The van der Waals surface area contributed by atoms with Gasteiger partial charge in [-0.15, -0.1) is 0 Å². The fraction of sp³-hybridized carbons (Fsp3) is 0.400. The van der Waals surface area contributed by atoms with Crippen LogP contribution in [0, 0.1) is 12.7 Å². The van der Waals surface area contributed by atoms with Gasteiger partial charge >= 0.3 is 0 Å². The summed E-state index contributed by atoms with van der Waals surface area (Å²) < 4.78 is 45.3. The van der Waals surface area contributed by atoms with Crippen molar-refractivity contribution in [3.63, 3.8) is 0 Å². The molecular formula is C15H18FN3O3S. The molecule has 2 aromatic rings. The van der Waals surface area contributed by atoms with Crippen LogP contribution in [0.5, 0.6) is 0 Å². The van der Waals surface area contributed by atoms with Crippen LogP contribution in [-0.4, -0.2) is 49.0 Å². The molecule has 0 N–H and O–H groups in total. The van der Waals surface area contributed by atoms with Crippen LogP contribution in [0.15, 0.2) is 39.8 Å². The van der Waals surface area contributed by atoms with E-state index in [2.05, 4.69) is 10.1 Å². The maximum Gasteiger partial charge on any atom is 0.246 e. The number of nitrogens with zero attached hydrogens (tertiary/aromatic N) is 3. The molecule has 1 saturated heterocycles. The highest BCUT2D eigenvalue weighted by atomic mass is 32.2. The Morgan fingerprint density at radius 1 is 1.22 bits per heavy atom. The topological polar surface area (TPSA) is 66.7 Å². The highest BCUT2D eigenvalue weighted by Crippen LogP contribution is 2.21. The zero-order valence-electron chi connectivity index (χ0n) is 12.8. The first-order valence-corrected chi connectivity index (χ1v) is 8.80. The monoisotopic (exact) mass is 339 g/mol. The number of aromatic nitrogens is 1. The van der Waals surface area contributed by atoms with Crippen LogP contribution in [0.1, 0.15) is 11.5 Å². The number of hydrogen-bond donors (Lipinski definition) is 0. The van der Waals surface area contributed by atoms with Crippen LogP contribution in [-0.2, 0) is 16.6 Å². The maximum absolute atomic E-state index is 13.8. The predicted molar refractivity (Wildman–Crippen MR) is 81.7 cm³/mol. The molecule has 0 bridgehead atoms. The van der Waals surface area contributed by atoms with Gasteiger partial charge in [0.15, 0.2) is 5.76 Å². The predicted octanol–water partition coefficient (Wildman–Crippen LogP) is 1.63. The second-order valence-corrected chi connectivity index (χ2v) is 7.45. The van der Waals surface area contributed by atoms with Crippen LogP contribution >= 0.6 is 0 Å². The molecule has 0 atom stereocenters. The molecule has 1 fully saturated rings. The molecule has 3 rings (SSSR count). The Labute approximate surface area is 134 Å². The number of sulfonamides is 1. The minimum Gasteiger partial charge on any atom is -0.360 e. The Morgan fingerprint density at radius 3 is 2.52 bits per heavy atom. The molecule has 6 nitrogen and oxygen atoms in total. The molecule has 1 aromatic heterocycles. The first kappa shape index (κ1) is 16.1. The molecule has 1 aliphatic rings. The van der Waals surface area contributed by atoms with Crippen molar-refractivity contribution >= 4 is 10.0 Å². The number of rotatable bonds is 4. The summed E-state index contributed by atoms with van der Waals surface area (Å²) in [4.78, 5) is 1.83. The zero-order valence-corrected chi connectivity index (χ0v) is 13.6. The Morgan fingerprint density at radius 2 is 1.91 bits per heavy atom. The van der Waals surface area contributed by atoms with E-state index in [4.69, 9.17) is 4.52 Å². The van der Waals surface area contributed by atoms with E-state index in [-0.39, 0.29) is 4.90 Å². The van der Waals surface area contributed by atoms with Crippen molar-refractivity contribution < 1.29 is 17.3 Å². The number of benzene rings is 1. The van der Waals surface area contributed by atoms with Gasteiger partial charge in [-0.1, -0.05) is 17.3 Å². The lowest BCUT2D eigenvalue weighted by molar-refractivity contribution is 0.166. The largest absolute Gasteiger partial charge is 0.360 e. The Bertz CT molecular complexity index is 783. The van der Waals surface area contributed by atoms with E-state index in [1.807, 2.05) is 13.0 Å². The van der Waals surface area contributed by atoms with E-state index in [1.165, 1.54) is 22.5 Å².